The van der Waals surface area contributed by atoms with E-state index >= 15 is 0 Å². The molecule has 2 aliphatic rings. The topological polar surface area (TPSA) is 79.0 Å². The summed E-state index contributed by atoms with van der Waals surface area (Å²) in [5.41, 5.74) is 0.152. The van der Waals surface area contributed by atoms with E-state index in [0.29, 0.717) is 30.0 Å². The van der Waals surface area contributed by atoms with Crippen molar-refractivity contribution in [2.45, 2.75) is 12.0 Å². The number of rotatable bonds is 3. The lowest BCUT2D eigenvalue weighted by atomic mass is 9.84. The van der Waals surface area contributed by atoms with E-state index in [2.05, 4.69) is 5.32 Å². The summed E-state index contributed by atoms with van der Waals surface area (Å²) in [6, 6.07) is 15.7. The van der Waals surface area contributed by atoms with E-state index in [1.54, 1.807) is 37.4 Å². The molecule has 1 spiro atoms. The van der Waals surface area contributed by atoms with Crippen LogP contribution in [0.2, 0.25) is 0 Å². The molecular formula is C20H19N3O4. The van der Waals surface area contributed by atoms with Crippen LogP contribution in [0.4, 0.5) is 10.5 Å². The number of benzene rings is 2. The molecule has 2 aliphatic heterocycles. The largest absolute Gasteiger partial charge is 0.493 e. The van der Waals surface area contributed by atoms with Crippen LogP contribution in [0.25, 0.3) is 0 Å². The highest BCUT2D eigenvalue weighted by atomic mass is 16.5. The summed E-state index contributed by atoms with van der Waals surface area (Å²) < 4.78 is 5.61. The lowest BCUT2D eigenvalue weighted by Crippen LogP contribution is -2.48. The highest BCUT2D eigenvalue weighted by molar-refractivity contribution is 6.11. The minimum atomic E-state index is -1.17. The molecule has 7 heteroatoms. The van der Waals surface area contributed by atoms with Crippen molar-refractivity contribution < 1.29 is 19.1 Å². The first kappa shape index (κ1) is 17.1. The smallest absolute Gasteiger partial charge is 0.325 e. The van der Waals surface area contributed by atoms with Crippen molar-refractivity contribution >= 4 is 23.5 Å². The summed E-state index contributed by atoms with van der Waals surface area (Å²) in [6.07, 6.45) is 0.327. The third kappa shape index (κ3) is 2.71. The Balaban J connectivity index is 1.59. The van der Waals surface area contributed by atoms with Crippen molar-refractivity contribution in [3.63, 3.8) is 0 Å². The van der Waals surface area contributed by atoms with Gasteiger partial charge in [0.25, 0.3) is 5.91 Å². The van der Waals surface area contributed by atoms with Crippen LogP contribution in [0.5, 0.6) is 5.75 Å². The monoisotopic (exact) mass is 365 g/mol. The third-order valence-corrected chi connectivity index (χ3v) is 5.07. The van der Waals surface area contributed by atoms with Gasteiger partial charge in [0.2, 0.25) is 5.91 Å². The predicted octanol–water partition coefficient (Wildman–Crippen LogP) is 1.88. The Morgan fingerprint density at radius 2 is 1.85 bits per heavy atom. The fourth-order valence-electron chi connectivity index (χ4n) is 3.55. The Hall–Kier alpha value is -3.35. The van der Waals surface area contributed by atoms with E-state index in [1.165, 1.54) is 4.90 Å². The number of anilines is 1. The van der Waals surface area contributed by atoms with Gasteiger partial charge in [-0.2, -0.15) is 0 Å². The number of nitrogens with zero attached hydrogens (tertiary/aromatic N) is 2. The van der Waals surface area contributed by atoms with Gasteiger partial charge < -0.3 is 15.0 Å². The molecule has 4 amide bonds. The van der Waals surface area contributed by atoms with Gasteiger partial charge in [-0.05, 0) is 18.2 Å². The number of amides is 4. The molecule has 0 unspecified atom stereocenters. The van der Waals surface area contributed by atoms with E-state index in [0.717, 1.165) is 4.90 Å². The summed E-state index contributed by atoms with van der Waals surface area (Å²) >= 11 is 0. The number of urea groups is 1. The summed E-state index contributed by atoms with van der Waals surface area (Å²) in [5.74, 6) is -0.188. The first-order valence-corrected chi connectivity index (χ1v) is 8.71. The molecular weight excluding hydrogens is 346 g/mol. The standard InChI is InChI=1S/C20H19N3O4/c1-22(14-7-3-2-4-8-14)17(24)13-23-18(25)20(21-19(23)26)11-12-27-16-10-6-5-9-15(16)20/h2-10H,11-13H2,1H3,(H,21,26)/t20-/m1/s1. The van der Waals surface area contributed by atoms with Crippen LogP contribution in [0.1, 0.15) is 12.0 Å². The molecule has 0 aliphatic carbocycles. The molecule has 138 valence electrons. The van der Waals surface area contributed by atoms with Crippen molar-refractivity contribution in [3.05, 3.63) is 60.2 Å². The third-order valence-electron chi connectivity index (χ3n) is 5.07. The van der Waals surface area contributed by atoms with Crippen molar-refractivity contribution in [2.75, 3.05) is 25.1 Å². The van der Waals surface area contributed by atoms with Crippen LogP contribution in [-0.4, -0.2) is 42.9 Å². The second-order valence-corrected chi connectivity index (χ2v) is 6.61. The van der Waals surface area contributed by atoms with Gasteiger partial charge in [-0.15, -0.1) is 0 Å². The van der Waals surface area contributed by atoms with Crippen LogP contribution in [0.3, 0.4) is 0 Å². The van der Waals surface area contributed by atoms with E-state index in [1.807, 2.05) is 24.3 Å². The Morgan fingerprint density at radius 1 is 1.15 bits per heavy atom. The Morgan fingerprint density at radius 3 is 2.63 bits per heavy atom. The molecule has 1 saturated heterocycles. The fourth-order valence-corrected chi connectivity index (χ4v) is 3.55. The molecule has 0 bridgehead atoms. The number of hydrogen-bond donors (Lipinski definition) is 1. The van der Waals surface area contributed by atoms with Gasteiger partial charge in [0.05, 0.1) is 6.61 Å². The maximum atomic E-state index is 13.2. The fraction of sp³-hybridized carbons (Fsp3) is 0.250. The minimum absolute atomic E-state index is 0.314. The highest BCUT2D eigenvalue weighted by Crippen LogP contribution is 2.40. The minimum Gasteiger partial charge on any atom is -0.493 e. The lowest BCUT2D eigenvalue weighted by Gasteiger charge is -2.33. The van der Waals surface area contributed by atoms with Crippen molar-refractivity contribution in [1.82, 2.24) is 10.2 Å². The van der Waals surface area contributed by atoms with Crippen LogP contribution < -0.4 is 15.0 Å². The molecule has 2 aromatic carbocycles. The molecule has 2 heterocycles. The van der Waals surface area contributed by atoms with Crippen molar-refractivity contribution in [3.8, 4) is 5.75 Å². The van der Waals surface area contributed by atoms with Crippen LogP contribution in [-0.2, 0) is 15.1 Å². The normalized spacial score (nSPS) is 20.9. The Kier molecular flexibility index (Phi) is 4.07. The molecule has 4 rings (SSSR count). The predicted molar refractivity (Wildman–Crippen MR) is 98.3 cm³/mol. The number of imide groups is 1. The molecule has 0 aromatic heterocycles. The van der Waals surface area contributed by atoms with E-state index in [-0.39, 0.29) is 12.5 Å². The Labute approximate surface area is 156 Å². The molecule has 1 atom stereocenters. The zero-order valence-corrected chi connectivity index (χ0v) is 14.8. The zero-order chi connectivity index (χ0) is 19.0. The SMILES string of the molecule is CN(C(=O)CN1C(=O)N[C@@]2(CCOc3ccccc32)C1=O)c1ccccc1. The van der Waals surface area contributed by atoms with Gasteiger partial charge >= 0.3 is 6.03 Å². The van der Waals surface area contributed by atoms with Crippen molar-refractivity contribution in [2.24, 2.45) is 0 Å². The number of fused-ring (bicyclic) bond motifs is 2. The summed E-state index contributed by atoms with van der Waals surface area (Å²) in [6.45, 7) is -0.00439. The average molecular weight is 365 g/mol. The lowest BCUT2D eigenvalue weighted by molar-refractivity contribution is -0.135. The van der Waals surface area contributed by atoms with Gasteiger partial charge in [0, 0.05) is 24.7 Å². The molecule has 1 N–H and O–H groups in total. The van der Waals surface area contributed by atoms with Gasteiger partial charge in [0.1, 0.15) is 12.3 Å². The maximum absolute atomic E-state index is 13.2. The van der Waals surface area contributed by atoms with Crippen molar-refractivity contribution in [1.29, 1.82) is 0 Å². The molecule has 7 nitrogen and oxygen atoms in total. The van der Waals surface area contributed by atoms with Crippen LogP contribution in [0, 0.1) is 0 Å². The number of hydrogen-bond acceptors (Lipinski definition) is 4. The molecule has 27 heavy (non-hydrogen) atoms. The van der Waals surface area contributed by atoms with Gasteiger partial charge in [0.15, 0.2) is 5.54 Å². The Bertz CT molecular complexity index is 914. The number of ether oxygens (including phenoxy) is 1. The van der Waals surface area contributed by atoms with Gasteiger partial charge in [-0.25, -0.2) is 4.79 Å². The first-order valence-electron chi connectivity index (χ1n) is 8.71. The molecule has 1 fully saturated rings. The summed E-state index contributed by atoms with van der Waals surface area (Å²) in [4.78, 5) is 40.8. The number of nitrogens with one attached hydrogen (secondary N) is 1. The second kappa shape index (κ2) is 6.42. The number of para-hydroxylation sites is 2. The molecule has 2 aromatic rings. The van der Waals surface area contributed by atoms with E-state index in [4.69, 9.17) is 4.74 Å². The maximum Gasteiger partial charge on any atom is 0.325 e. The number of likely N-dealkylation sites (N-methyl/N-ethyl adjacent to an activating group) is 1. The second-order valence-electron chi connectivity index (χ2n) is 6.61. The summed E-state index contributed by atoms with van der Waals surface area (Å²) in [5, 5.41) is 2.80. The average Bonchev–Trinajstić information content (AvgIpc) is 2.93. The zero-order valence-electron chi connectivity index (χ0n) is 14.8. The summed E-state index contributed by atoms with van der Waals surface area (Å²) in [7, 11) is 1.62. The van der Waals surface area contributed by atoms with Gasteiger partial charge in [-0.1, -0.05) is 36.4 Å². The van der Waals surface area contributed by atoms with Crippen LogP contribution >= 0.6 is 0 Å². The van der Waals surface area contributed by atoms with Crippen LogP contribution in [0.15, 0.2) is 54.6 Å². The van der Waals surface area contributed by atoms with E-state index < -0.39 is 17.5 Å². The highest BCUT2D eigenvalue weighted by Gasteiger charge is 2.55. The van der Waals surface area contributed by atoms with E-state index in [9.17, 15) is 14.4 Å². The number of carbonyl (C=O) groups excluding carboxylic acids is 3. The van der Waals surface area contributed by atoms with Gasteiger partial charge in [-0.3, -0.25) is 14.5 Å². The number of carbonyl (C=O) groups is 3. The molecule has 0 saturated carbocycles. The molecule has 0 radical (unpaired) electrons. The first-order chi connectivity index (χ1) is 13.0. The quantitative estimate of drug-likeness (QED) is 0.843.